The van der Waals surface area contributed by atoms with Crippen molar-refractivity contribution >= 4 is 12.0 Å². The Kier molecular flexibility index (Phi) is 6.39. The van der Waals surface area contributed by atoms with Crippen molar-refractivity contribution in [3.05, 3.63) is 0 Å². The van der Waals surface area contributed by atoms with Crippen molar-refractivity contribution in [2.45, 2.75) is 19.8 Å². The number of amides is 2. The largest absolute Gasteiger partial charge is 0.465 e. The highest BCUT2D eigenvalue weighted by Gasteiger charge is 2.11. The fourth-order valence-electron chi connectivity index (χ4n) is 1.76. The number of nitrogens with one attached hydrogen (secondary N) is 2. The molecule has 2 N–H and O–H groups in total. The molecule has 0 spiro atoms. The summed E-state index contributed by atoms with van der Waals surface area (Å²) < 4.78 is 4.69. The molecule has 0 radical (unpaired) electrons. The summed E-state index contributed by atoms with van der Waals surface area (Å²) in [6, 6.07) is -0.322. The third-order valence-electron chi connectivity index (χ3n) is 2.61. The number of ether oxygens (including phenoxy) is 1. The first-order valence-electron chi connectivity index (χ1n) is 6.12. The molecule has 0 aliphatic carbocycles. The van der Waals surface area contributed by atoms with Gasteiger partial charge in [0.1, 0.15) is 6.54 Å². The van der Waals surface area contributed by atoms with Gasteiger partial charge < -0.3 is 20.3 Å². The second-order valence-corrected chi connectivity index (χ2v) is 3.96. The van der Waals surface area contributed by atoms with Gasteiger partial charge in [-0.3, -0.25) is 4.79 Å². The number of carbonyl (C=O) groups excluding carboxylic acids is 2. The van der Waals surface area contributed by atoms with Crippen LogP contribution in [0.5, 0.6) is 0 Å². The van der Waals surface area contributed by atoms with Crippen LogP contribution in [0.2, 0.25) is 0 Å². The first-order valence-corrected chi connectivity index (χ1v) is 6.12. The van der Waals surface area contributed by atoms with Crippen LogP contribution in [0.25, 0.3) is 0 Å². The van der Waals surface area contributed by atoms with Crippen molar-refractivity contribution in [1.29, 1.82) is 0 Å². The van der Waals surface area contributed by atoms with Gasteiger partial charge >= 0.3 is 12.0 Å². The van der Waals surface area contributed by atoms with E-state index in [1.54, 1.807) is 6.92 Å². The number of hydrogen-bond donors (Lipinski definition) is 2. The topological polar surface area (TPSA) is 70.7 Å². The number of hydrogen-bond acceptors (Lipinski definition) is 4. The third-order valence-corrected chi connectivity index (χ3v) is 2.61. The Morgan fingerprint density at radius 2 is 1.94 bits per heavy atom. The van der Waals surface area contributed by atoms with E-state index in [9.17, 15) is 9.59 Å². The summed E-state index contributed by atoms with van der Waals surface area (Å²) in [6.45, 7) is 5.69. The molecule has 1 saturated heterocycles. The third kappa shape index (κ3) is 6.11. The number of esters is 1. The molecule has 0 bridgehead atoms. The molecule has 0 atom stereocenters. The average molecular weight is 243 g/mol. The standard InChI is InChI=1S/C11H21N3O3/c1-2-17-10(15)9-13-11(16)12-5-8-14-6-3-4-7-14/h2-9H2,1H3,(H2,12,13,16). The van der Waals surface area contributed by atoms with Gasteiger partial charge in [0.15, 0.2) is 0 Å². The molecule has 0 aromatic heterocycles. The molecule has 6 nitrogen and oxygen atoms in total. The summed E-state index contributed by atoms with van der Waals surface area (Å²) >= 11 is 0. The second kappa shape index (κ2) is 7.89. The number of likely N-dealkylation sites (tertiary alicyclic amines) is 1. The van der Waals surface area contributed by atoms with Gasteiger partial charge in [0.25, 0.3) is 0 Å². The molecule has 0 saturated carbocycles. The van der Waals surface area contributed by atoms with Gasteiger partial charge in [-0.2, -0.15) is 0 Å². The van der Waals surface area contributed by atoms with E-state index in [1.165, 1.54) is 12.8 Å². The lowest BCUT2D eigenvalue weighted by atomic mass is 10.4. The van der Waals surface area contributed by atoms with Crippen LogP contribution in [-0.4, -0.2) is 56.2 Å². The maximum absolute atomic E-state index is 11.3. The maximum atomic E-state index is 11.3. The summed E-state index contributed by atoms with van der Waals surface area (Å²) in [4.78, 5) is 24.5. The summed E-state index contributed by atoms with van der Waals surface area (Å²) in [6.07, 6.45) is 2.49. The predicted molar refractivity (Wildman–Crippen MR) is 63.7 cm³/mol. The van der Waals surface area contributed by atoms with E-state index in [4.69, 9.17) is 0 Å². The SMILES string of the molecule is CCOC(=O)CNC(=O)NCCN1CCCC1. The predicted octanol–water partition coefficient (Wildman–Crippen LogP) is -0.0555. The first kappa shape index (κ1) is 13.8. The zero-order chi connectivity index (χ0) is 12.5. The Hall–Kier alpha value is -1.30. The fourth-order valence-corrected chi connectivity index (χ4v) is 1.76. The molecule has 2 amide bonds. The quantitative estimate of drug-likeness (QED) is 0.641. The Bertz CT molecular complexity index is 252. The molecule has 6 heteroatoms. The normalized spacial score (nSPS) is 15.6. The molecule has 98 valence electrons. The highest BCUT2D eigenvalue weighted by Crippen LogP contribution is 2.05. The van der Waals surface area contributed by atoms with Crippen molar-refractivity contribution in [3.63, 3.8) is 0 Å². The number of rotatable bonds is 6. The lowest BCUT2D eigenvalue weighted by molar-refractivity contribution is -0.141. The second-order valence-electron chi connectivity index (χ2n) is 3.96. The summed E-state index contributed by atoms with van der Waals surface area (Å²) in [5.41, 5.74) is 0. The van der Waals surface area contributed by atoms with Crippen molar-refractivity contribution in [1.82, 2.24) is 15.5 Å². The van der Waals surface area contributed by atoms with E-state index in [1.807, 2.05) is 0 Å². The lowest BCUT2D eigenvalue weighted by Gasteiger charge is -2.14. The zero-order valence-corrected chi connectivity index (χ0v) is 10.3. The Balaban J connectivity index is 1.98. The van der Waals surface area contributed by atoms with Crippen LogP contribution in [0.15, 0.2) is 0 Å². The molecule has 1 fully saturated rings. The van der Waals surface area contributed by atoms with Crippen molar-refractivity contribution < 1.29 is 14.3 Å². The molecule has 0 aromatic carbocycles. The van der Waals surface area contributed by atoms with E-state index in [2.05, 4.69) is 20.3 Å². The van der Waals surface area contributed by atoms with Gasteiger partial charge in [-0.15, -0.1) is 0 Å². The van der Waals surface area contributed by atoms with E-state index < -0.39 is 5.97 Å². The summed E-state index contributed by atoms with van der Waals surface area (Å²) in [5.74, 6) is -0.415. The summed E-state index contributed by atoms with van der Waals surface area (Å²) in [5, 5.41) is 5.16. The zero-order valence-electron chi connectivity index (χ0n) is 10.3. The van der Waals surface area contributed by atoms with E-state index in [-0.39, 0.29) is 12.6 Å². The first-order chi connectivity index (χ1) is 8.22. The number of carbonyl (C=O) groups is 2. The van der Waals surface area contributed by atoms with Crippen LogP contribution < -0.4 is 10.6 Å². The minimum Gasteiger partial charge on any atom is -0.465 e. The molecule has 1 heterocycles. The van der Waals surface area contributed by atoms with E-state index in [0.29, 0.717) is 13.2 Å². The Morgan fingerprint density at radius 1 is 1.24 bits per heavy atom. The van der Waals surface area contributed by atoms with Crippen molar-refractivity contribution in [3.8, 4) is 0 Å². The molecule has 0 unspecified atom stereocenters. The summed E-state index contributed by atoms with van der Waals surface area (Å²) in [7, 11) is 0. The molecule has 17 heavy (non-hydrogen) atoms. The average Bonchev–Trinajstić information content (AvgIpc) is 2.80. The van der Waals surface area contributed by atoms with Crippen molar-refractivity contribution in [2.75, 3.05) is 39.3 Å². The highest BCUT2D eigenvalue weighted by molar-refractivity contribution is 5.80. The Morgan fingerprint density at radius 3 is 2.59 bits per heavy atom. The molecular weight excluding hydrogens is 222 g/mol. The molecule has 1 aliphatic heterocycles. The number of urea groups is 1. The van der Waals surface area contributed by atoms with E-state index in [0.717, 1.165) is 19.6 Å². The van der Waals surface area contributed by atoms with Crippen LogP contribution in [0.1, 0.15) is 19.8 Å². The lowest BCUT2D eigenvalue weighted by Crippen LogP contribution is -2.42. The molecular formula is C11H21N3O3. The molecule has 1 rings (SSSR count). The van der Waals surface area contributed by atoms with Crippen LogP contribution in [0, 0.1) is 0 Å². The van der Waals surface area contributed by atoms with Gasteiger partial charge in [0.05, 0.1) is 6.61 Å². The van der Waals surface area contributed by atoms with Gasteiger partial charge in [-0.25, -0.2) is 4.79 Å². The van der Waals surface area contributed by atoms with Gasteiger partial charge in [0, 0.05) is 13.1 Å². The van der Waals surface area contributed by atoms with Crippen LogP contribution in [0.3, 0.4) is 0 Å². The fraction of sp³-hybridized carbons (Fsp3) is 0.818. The van der Waals surface area contributed by atoms with Gasteiger partial charge in [-0.05, 0) is 32.9 Å². The molecule has 0 aromatic rings. The minimum absolute atomic E-state index is 0.0800. The van der Waals surface area contributed by atoms with Gasteiger partial charge in [0.2, 0.25) is 0 Å². The van der Waals surface area contributed by atoms with Crippen molar-refractivity contribution in [2.24, 2.45) is 0 Å². The van der Waals surface area contributed by atoms with E-state index >= 15 is 0 Å². The number of nitrogens with zero attached hydrogens (tertiary/aromatic N) is 1. The maximum Gasteiger partial charge on any atom is 0.325 e. The Labute approximate surface area is 102 Å². The monoisotopic (exact) mass is 243 g/mol. The highest BCUT2D eigenvalue weighted by atomic mass is 16.5. The van der Waals surface area contributed by atoms with Crippen LogP contribution in [-0.2, 0) is 9.53 Å². The van der Waals surface area contributed by atoms with Crippen LogP contribution in [0.4, 0.5) is 4.79 Å². The molecule has 1 aliphatic rings. The minimum atomic E-state index is -0.415. The van der Waals surface area contributed by atoms with Crippen LogP contribution >= 0.6 is 0 Å². The smallest absolute Gasteiger partial charge is 0.325 e. The van der Waals surface area contributed by atoms with Gasteiger partial charge in [-0.1, -0.05) is 0 Å².